The van der Waals surface area contributed by atoms with Gasteiger partial charge in [-0.3, -0.25) is 9.88 Å². The summed E-state index contributed by atoms with van der Waals surface area (Å²) < 4.78 is 41.2. The molecular weight excluding hydrogens is 375 g/mol. The van der Waals surface area contributed by atoms with Crippen molar-refractivity contribution in [1.82, 2.24) is 14.9 Å². The van der Waals surface area contributed by atoms with Crippen LogP contribution in [0.15, 0.2) is 61.1 Å². The van der Waals surface area contributed by atoms with E-state index < -0.39 is 5.92 Å². The number of hydrogen-bond donors (Lipinski definition) is 1. The highest BCUT2D eigenvalue weighted by atomic mass is 19.3. The van der Waals surface area contributed by atoms with Crippen LogP contribution in [0.4, 0.5) is 13.2 Å². The number of hydrogen-bond acceptors (Lipinski definition) is 2. The summed E-state index contributed by atoms with van der Waals surface area (Å²) in [5, 5.41) is 0. The third kappa shape index (κ3) is 3.38. The van der Waals surface area contributed by atoms with E-state index in [1.165, 1.54) is 12.1 Å². The Hall–Kier alpha value is -2.86. The molecule has 4 heterocycles. The monoisotopic (exact) mass is 395 g/mol. The van der Waals surface area contributed by atoms with Gasteiger partial charge in [0, 0.05) is 48.7 Å². The van der Waals surface area contributed by atoms with Crippen LogP contribution in [0.2, 0.25) is 0 Å². The summed E-state index contributed by atoms with van der Waals surface area (Å²) in [5.41, 5.74) is 5.80. The zero-order valence-electron chi connectivity index (χ0n) is 15.7. The molecule has 3 aromatic rings. The second-order valence-electron chi connectivity index (χ2n) is 7.77. The molecular formula is C23H20F3N3. The van der Waals surface area contributed by atoms with Crippen molar-refractivity contribution in [2.24, 2.45) is 0 Å². The second kappa shape index (κ2) is 6.88. The summed E-state index contributed by atoms with van der Waals surface area (Å²) in [7, 11) is 0. The number of aromatic amines is 1. The smallest absolute Gasteiger partial charge is 0.262 e. The van der Waals surface area contributed by atoms with Crippen LogP contribution in [0, 0.1) is 5.82 Å². The van der Waals surface area contributed by atoms with Gasteiger partial charge >= 0.3 is 0 Å². The van der Waals surface area contributed by atoms with Gasteiger partial charge in [0.15, 0.2) is 0 Å². The van der Waals surface area contributed by atoms with Crippen molar-refractivity contribution in [3.8, 4) is 22.4 Å². The van der Waals surface area contributed by atoms with Crippen molar-refractivity contribution in [3.05, 3.63) is 72.4 Å². The molecule has 1 fully saturated rings. The number of H-pyrrole nitrogens is 1. The van der Waals surface area contributed by atoms with Crippen LogP contribution in [0.3, 0.4) is 0 Å². The predicted molar refractivity (Wildman–Crippen MR) is 107 cm³/mol. The summed E-state index contributed by atoms with van der Waals surface area (Å²) >= 11 is 0. The van der Waals surface area contributed by atoms with E-state index in [9.17, 15) is 13.2 Å². The molecule has 0 aliphatic carbocycles. The normalized spacial score (nSPS) is 21.1. The first-order valence-electron chi connectivity index (χ1n) is 9.69. The van der Waals surface area contributed by atoms with Gasteiger partial charge in [-0.15, -0.1) is 0 Å². The van der Waals surface area contributed by atoms with E-state index in [1.54, 1.807) is 24.5 Å². The lowest BCUT2D eigenvalue weighted by Gasteiger charge is -2.28. The summed E-state index contributed by atoms with van der Waals surface area (Å²) in [6.07, 6.45) is 7.95. The zero-order chi connectivity index (χ0) is 20.0. The summed E-state index contributed by atoms with van der Waals surface area (Å²) in [4.78, 5) is 9.31. The van der Waals surface area contributed by atoms with Crippen LogP contribution in [-0.2, 0) is 0 Å². The molecule has 1 aromatic carbocycles. The Morgan fingerprint density at radius 1 is 1.03 bits per heavy atom. The molecule has 0 saturated carbocycles. The van der Waals surface area contributed by atoms with E-state index in [1.807, 2.05) is 23.2 Å². The maximum Gasteiger partial charge on any atom is 0.262 e. The Balaban J connectivity index is 1.58. The van der Waals surface area contributed by atoms with Crippen LogP contribution in [-0.4, -0.2) is 39.9 Å². The van der Waals surface area contributed by atoms with Crippen molar-refractivity contribution in [2.75, 3.05) is 13.1 Å². The van der Waals surface area contributed by atoms with Gasteiger partial charge in [0.1, 0.15) is 5.82 Å². The fourth-order valence-electron chi connectivity index (χ4n) is 4.50. The van der Waals surface area contributed by atoms with Crippen LogP contribution >= 0.6 is 0 Å². The van der Waals surface area contributed by atoms with Crippen LogP contribution in [0.1, 0.15) is 18.4 Å². The summed E-state index contributed by atoms with van der Waals surface area (Å²) in [6.45, 7) is 0.370. The predicted octanol–water partition coefficient (Wildman–Crippen LogP) is 5.38. The SMILES string of the molecule is Fc1ccc(-c2[nH]cc(C3=CCN4CC(F)(F)C[C@H]4C3)c2-c2ccncc2)cc1. The number of aromatic nitrogens is 2. The van der Waals surface area contributed by atoms with E-state index >= 15 is 0 Å². The fourth-order valence-corrected chi connectivity index (χ4v) is 4.50. The van der Waals surface area contributed by atoms with E-state index in [0.29, 0.717) is 13.0 Å². The van der Waals surface area contributed by atoms with Crippen LogP contribution in [0.5, 0.6) is 0 Å². The Labute approximate surface area is 166 Å². The number of nitrogens with one attached hydrogen (secondary N) is 1. The van der Waals surface area contributed by atoms with Crippen molar-refractivity contribution in [3.63, 3.8) is 0 Å². The van der Waals surface area contributed by atoms with E-state index in [4.69, 9.17) is 0 Å². The molecule has 0 unspecified atom stereocenters. The van der Waals surface area contributed by atoms with E-state index in [2.05, 4.69) is 16.0 Å². The minimum absolute atomic E-state index is 0.0931. The molecule has 1 atom stereocenters. The molecule has 0 amide bonds. The van der Waals surface area contributed by atoms with Crippen molar-refractivity contribution >= 4 is 5.57 Å². The average molecular weight is 395 g/mol. The molecule has 29 heavy (non-hydrogen) atoms. The minimum Gasteiger partial charge on any atom is -0.360 e. The molecule has 2 aliphatic heterocycles. The third-order valence-corrected chi connectivity index (χ3v) is 5.84. The van der Waals surface area contributed by atoms with E-state index in [0.717, 1.165) is 33.5 Å². The first-order valence-corrected chi connectivity index (χ1v) is 9.69. The van der Waals surface area contributed by atoms with Gasteiger partial charge in [-0.05, 0) is 59.5 Å². The van der Waals surface area contributed by atoms with Gasteiger partial charge in [0.25, 0.3) is 5.92 Å². The lowest BCUT2D eigenvalue weighted by molar-refractivity contribution is 0.0131. The maximum absolute atomic E-state index is 13.9. The average Bonchev–Trinajstić information content (AvgIpc) is 3.28. The number of alkyl halides is 2. The minimum atomic E-state index is -2.61. The quantitative estimate of drug-likeness (QED) is 0.646. The zero-order valence-corrected chi connectivity index (χ0v) is 15.7. The van der Waals surface area contributed by atoms with Gasteiger partial charge < -0.3 is 4.98 Å². The first-order chi connectivity index (χ1) is 14.0. The van der Waals surface area contributed by atoms with Gasteiger partial charge in [-0.25, -0.2) is 13.2 Å². The largest absolute Gasteiger partial charge is 0.360 e. The van der Waals surface area contributed by atoms with E-state index in [-0.39, 0.29) is 24.8 Å². The molecule has 0 spiro atoms. The molecule has 3 nitrogen and oxygen atoms in total. The Kier molecular flexibility index (Phi) is 4.32. The number of pyridine rings is 1. The first kappa shape index (κ1) is 18.2. The van der Waals surface area contributed by atoms with Crippen LogP contribution in [0.25, 0.3) is 28.0 Å². The Morgan fingerprint density at radius 2 is 1.79 bits per heavy atom. The Morgan fingerprint density at radius 3 is 2.55 bits per heavy atom. The second-order valence-corrected chi connectivity index (χ2v) is 7.77. The van der Waals surface area contributed by atoms with Gasteiger partial charge in [-0.1, -0.05) is 6.08 Å². The lowest BCUT2D eigenvalue weighted by atomic mass is 9.89. The number of nitrogens with zero attached hydrogens (tertiary/aromatic N) is 2. The molecule has 0 radical (unpaired) electrons. The molecule has 2 aliphatic rings. The number of rotatable bonds is 3. The van der Waals surface area contributed by atoms with Gasteiger partial charge in [-0.2, -0.15) is 0 Å². The summed E-state index contributed by atoms with van der Waals surface area (Å²) in [6, 6.07) is 10.1. The highest BCUT2D eigenvalue weighted by Crippen LogP contribution is 2.43. The number of fused-ring (bicyclic) bond motifs is 1. The molecule has 0 bridgehead atoms. The number of halogens is 3. The summed E-state index contributed by atoms with van der Waals surface area (Å²) in [5.74, 6) is -2.90. The highest BCUT2D eigenvalue weighted by molar-refractivity contribution is 5.91. The lowest BCUT2D eigenvalue weighted by Crippen LogP contribution is -2.33. The van der Waals surface area contributed by atoms with Crippen LogP contribution < -0.4 is 0 Å². The fraction of sp³-hybridized carbons (Fsp3) is 0.261. The molecule has 2 aromatic heterocycles. The van der Waals surface area contributed by atoms with Crippen molar-refractivity contribution in [1.29, 1.82) is 0 Å². The standard InChI is InChI=1S/C23H20F3N3/c24-18-3-1-16(2-4-18)22-21(15-5-8-27-9-6-15)20(13-28-22)17-7-10-29-14-23(25,26)12-19(29)11-17/h1-9,13,19,28H,10-12,14H2/t19-/m1/s1. The van der Waals surface area contributed by atoms with Crippen molar-refractivity contribution in [2.45, 2.75) is 24.8 Å². The van der Waals surface area contributed by atoms with Crippen molar-refractivity contribution < 1.29 is 13.2 Å². The van der Waals surface area contributed by atoms with Gasteiger partial charge in [0.05, 0.1) is 12.2 Å². The topological polar surface area (TPSA) is 31.9 Å². The maximum atomic E-state index is 13.9. The molecule has 1 N–H and O–H groups in total. The number of benzene rings is 1. The molecule has 1 saturated heterocycles. The molecule has 6 heteroatoms. The Bertz CT molecular complexity index is 1050. The molecule has 5 rings (SSSR count). The van der Waals surface area contributed by atoms with Gasteiger partial charge in [0.2, 0.25) is 0 Å². The molecule has 148 valence electrons. The third-order valence-electron chi connectivity index (χ3n) is 5.84. The highest BCUT2D eigenvalue weighted by Gasteiger charge is 2.45.